The van der Waals surface area contributed by atoms with Gasteiger partial charge in [-0.3, -0.25) is 0 Å². The van der Waals surface area contributed by atoms with E-state index in [4.69, 9.17) is 26.2 Å². The summed E-state index contributed by atoms with van der Waals surface area (Å²) >= 11 is 6.41. The number of fused-ring (bicyclic) bond motifs is 1. The van der Waals surface area contributed by atoms with Crippen LogP contribution in [0.1, 0.15) is 41.0 Å². The Labute approximate surface area is 180 Å². The zero-order valence-corrected chi connectivity index (χ0v) is 18.1. The Kier molecular flexibility index (Phi) is 6.37. The molecule has 0 aliphatic heterocycles. The van der Waals surface area contributed by atoms with Gasteiger partial charge in [0.1, 0.15) is 5.75 Å². The van der Waals surface area contributed by atoms with E-state index in [1.807, 2.05) is 26.0 Å². The van der Waals surface area contributed by atoms with Crippen LogP contribution in [0.3, 0.4) is 0 Å². The van der Waals surface area contributed by atoms with Crippen LogP contribution >= 0.6 is 11.6 Å². The van der Waals surface area contributed by atoms with Gasteiger partial charge in [-0.05, 0) is 75.2 Å². The number of rotatable bonds is 7. The number of ether oxygens (including phenoxy) is 2. The first kappa shape index (κ1) is 21.7. The quantitative estimate of drug-likeness (QED) is 0.535. The van der Waals surface area contributed by atoms with Crippen molar-refractivity contribution in [1.82, 2.24) is 4.57 Å². The van der Waals surface area contributed by atoms with Crippen LogP contribution in [-0.2, 0) is 16.1 Å². The van der Waals surface area contributed by atoms with E-state index in [1.165, 1.54) is 6.92 Å². The highest BCUT2D eigenvalue weighted by Crippen LogP contribution is 2.30. The zero-order chi connectivity index (χ0) is 22.0. The molecule has 2 aromatic carbocycles. The number of carboxylic acids is 1. The summed E-state index contributed by atoms with van der Waals surface area (Å²) in [5.74, 6) is -0.934. The van der Waals surface area contributed by atoms with Crippen LogP contribution in [0, 0.1) is 13.8 Å². The largest absolute Gasteiger partial charge is 0.479 e. The molecule has 0 bridgehead atoms. The SMILES string of the molecule is CCOC(=O)c1ccc2c(c1)c(C)c(C)n2Cc1cc(OC(C)C(=O)O)ccc1Cl. The lowest BCUT2D eigenvalue weighted by Gasteiger charge is -2.14. The highest BCUT2D eigenvalue weighted by atomic mass is 35.5. The number of carbonyl (C=O) groups is 2. The van der Waals surface area contributed by atoms with Crippen molar-refractivity contribution in [1.29, 1.82) is 0 Å². The number of esters is 1. The maximum absolute atomic E-state index is 12.1. The van der Waals surface area contributed by atoms with E-state index >= 15 is 0 Å². The van der Waals surface area contributed by atoms with Gasteiger partial charge >= 0.3 is 11.9 Å². The van der Waals surface area contributed by atoms with Gasteiger partial charge in [0.05, 0.1) is 12.2 Å². The molecule has 1 heterocycles. The van der Waals surface area contributed by atoms with Gasteiger partial charge in [0.15, 0.2) is 6.10 Å². The summed E-state index contributed by atoms with van der Waals surface area (Å²) in [5, 5.41) is 10.6. The number of aryl methyl sites for hydroxylation is 1. The Bertz CT molecular complexity index is 1120. The topological polar surface area (TPSA) is 77.8 Å². The number of aromatic nitrogens is 1. The molecule has 1 unspecified atom stereocenters. The second-order valence-corrected chi connectivity index (χ2v) is 7.51. The maximum Gasteiger partial charge on any atom is 0.344 e. The first-order valence-corrected chi connectivity index (χ1v) is 10.0. The molecule has 0 amide bonds. The third kappa shape index (κ3) is 4.28. The van der Waals surface area contributed by atoms with Gasteiger partial charge in [0.25, 0.3) is 0 Å². The lowest BCUT2D eigenvalue weighted by Crippen LogP contribution is -2.22. The number of carbonyl (C=O) groups excluding carboxylic acids is 1. The highest BCUT2D eigenvalue weighted by Gasteiger charge is 2.17. The van der Waals surface area contributed by atoms with E-state index in [9.17, 15) is 9.59 Å². The Hall–Kier alpha value is -2.99. The third-order valence-corrected chi connectivity index (χ3v) is 5.53. The van der Waals surface area contributed by atoms with Gasteiger partial charge in [0, 0.05) is 28.2 Å². The van der Waals surface area contributed by atoms with Crippen LogP contribution in [0.2, 0.25) is 5.02 Å². The van der Waals surface area contributed by atoms with Gasteiger partial charge in [-0.25, -0.2) is 9.59 Å². The molecule has 158 valence electrons. The van der Waals surface area contributed by atoms with Crippen molar-refractivity contribution >= 4 is 34.4 Å². The average molecular weight is 430 g/mol. The van der Waals surface area contributed by atoms with E-state index in [2.05, 4.69) is 4.57 Å². The molecule has 3 rings (SSSR count). The smallest absolute Gasteiger partial charge is 0.344 e. The highest BCUT2D eigenvalue weighted by molar-refractivity contribution is 6.31. The summed E-state index contributed by atoms with van der Waals surface area (Å²) in [6.07, 6.45) is -0.961. The summed E-state index contributed by atoms with van der Waals surface area (Å²) < 4.78 is 12.7. The lowest BCUT2D eigenvalue weighted by molar-refractivity contribution is -0.144. The number of hydrogen-bond acceptors (Lipinski definition) is 4. The molecule has 0 aliphatic rings. The molecule has 0 aliphatic carbocycles. The molecule has 1 aromatic heterocycles. The van der Waals surface area contributed by atoms with E-state index < -0.39 is 12.1 Å². The summed E-state index contributed by atoms with van der Waals surface area (Å²) in [4.78, 5) is 23.2. The molecule has 30 heavy (non-hydrogen) atoms. The number of benzene rings is 2. The monoisotopic (exact) mass is 429 g/mol. The molecule has 7 heteroatoms. The molecular weight excluding hydrogens is 406 g/mol. The molecule has 3 aromatic rings. The number of halogens is 1. The van der Waals surface area contributed by atoms with Gasteiger partial charge in [-0.2, -0.15) is 0 Å². The number of nitrogens with zero attached hydrogens (tertiary/aromatic N) is 1. The molecule has 0 spiro atoms. The normalized spacial score (nSPS) is 12.0. The van der Waals surface area contributed by atoms with Crippen LogP contribution in [-0.4, -0.2) is 34.3 Å². The van der Waals surface area contributed by atoms with Gasteiger partial charge in [0.2, 0.25) is 0 Å². The fraction of sp³-hybridized carbons (Fsp3) is 0.304. The van der Waals surface area contributed by atoms with E-state index in [0.29, 0.717) is 29.5 Å². The molecule has 0 fully saturated rings. The number of carboxylic acid groups (broad SMARTS) is 1. The molecule has 0 saturated heterocycles. The van der Waals surface area contributed by atoms with E-state index in [-0.39, 0.29) is 5.97 Å². The maximum atomic E-state index is 12.1. The minimum absolute atomic E-state index is 0.327. The van der Waals surface area contributed by atoms with Crippen molar-refractivity contribution in [2.45, 2.75) is 40.3 Å². The second kappa shape index (κ2) is 8.79. The standard InChI is InChI=1S/C23H24ClNO5/c1-5-29-23(28)16-6-9-21-19(11-16)13(2)14(3)25(21)12-17-10-18(7-8-20(17)24)30-15(4)22(26)27/h6-11,15H,5,12H2,1-4H3,(H,26,27). The van der Waals surface area contributed by atoms with Crippen molar-refractivity contribution in [3.63, 3.8) is 0 Å². The first-order valence-electron chi connectivity index (χ1n) is 9.67. The molecule has 0 saturated carbocycles. The summed E-state index contributed by atoms with van der Waals surface area (Å²) in [5.41, 5.74) is 4.41. The van der Waals surface area contributed by atoms with Gasteiger partial charge < -0.3 is 19.1 Å². The van der Waals surface area contributed by atoms with Crippen LogP contribution in [0.25, 0.3) is 10.9 Å². The summed E-state index contributed by atoms with van der Waals surface area (Å²) in [6.45, 7) is 8.09. The predicted molar refractivity (Wildman–Crippen MR) is 116 cm³/mol. The summed E-state index contributed by atoms with van der Waals surface area (Å²) in [6, 6.07) is 10.6. The van der Waals surface area contributed by atoms with E-state index in [0.717, 1.165) is 27.7 Å². The van der Waals surface area contributed by atoms with Gasteiger partial charge in [-0.1, -0.05) is 11.6 Å². The number of hydrogen-bond donors (Lipinski definition) is 1. The fourth-order valence-corrected chi connectivity index (χ4v) is 3.54. The summed E-state index contributed by atoms with van der Waals surface area (Å²) in [7, 11) is 0. The minimum Gasteiger partial charge on any atom is -0.479 e. The van der Waals surface area contributed by atoms with Crippen molar-refractivity contribution in [3.05, 3.63) is 63.8 Å². The third-order valence-electron chi connectivity index (χ3n) is 5.16. The molecule has 1 atom stereocenters. The Morgan fingerprint density at radius 3 is 2.57 bits per heavy atom. The van der Waals surface area contributed by atoms with Crippen LogP contribution in [0.15, 0.2) is 36.4 Å². The lowest BCUT2D eigenvalue weighted by atomic mass is 10.1. The first-order chi connectivity index (χ1) is 14.2. The number of aliphatic carboxylic acids is 1. The van der Waals surface area contributed by atoms with Gasteiger partial charge in [-0.15, -0.1) is 0 Å². The molecule has 0 radical (unpaired) electrons. The second-order valence-electron chi connectivity index (χ2n) is 7.10. The fourth-order valence-electron chi connectivity index (χ4n) is 3.37. The van der Waals surface area contributed by atoms with Crippen LogP contribution in [0.4, 0.5) is 0 Å². The predicted octanol–water partition coefficient (Wildman–Crippen LogP) is 4.99. The van der Waals surface area contributed by atoms with Crippen molar-refractivity contribution in [2.75, 3.05) is 6.61 Å². The Balaban J connectivity index is 1.99. The Morgan fingerprint density at radius 2 is 1.90 bits per heavy atom. The molecular formula is C23H24ClNO5. The molecule has 1 N–H and O–H groups in total. The van der Waals surface area contributed by atoms with E-state index in [1.54, 1.807) is 31.2 Å². The minimum atomic E-state index is -1.04. The molecule has 6 nitrogen and oxygen atoms in total. The van der Waals surface area contributed by atoms with Crippen molar-refractivity contribution in [2.24, 2.45) is 0 Å². The van der Waals surface area contributed by atoms with Crippen LogP contribution < -0.4 is 4.74 Å². The average Bonchev–Trinajstić information content (AvgIpc) is 2.95. The zero-order valence-electron chi connectivity index (χ0n) is 17.4. The van der Waals surface area contributed by atoms with Crippen molar-refractivity contribution in [3.8, 4) is 5.75 Å². The Morgan fingerprint density at radius 1 is 1.17 bits per heavy atom. The van der Waals surface area contributed by atoms with Crippen molar-refractivity contribution < 1.29 is 24.2 Å². The van der Waals surface area contributed by atoms with Crippen LogP contribution in [0.5, 0.6) is 5.75 Å².